The number of rotatable bonds is 7. The van der Waals surface area contributed by atoms with Crippen molar-refractivity contribution in [2.75, 3.05) is 11.5 Å². The van der Waals surface area contributed by atoms with E-state index in [1.165, 1.54) is 44.7 Å². The molecule has 2 aromatic rings. The van der Waals surface area contributed by atoms with Crippen LogP contribution >= 0.6 is 59.5 Å². The lowest BCUT2D eigenvalue weighted by Crippen LogP contribution is -2.63. The number of thioether (sulfide) groups is 2. The molecule has 176 valence electrons. The molecule has 4 heterocycles. The number of nitrogens with one attached hydrogen (secondary N) is 1. The van der Waals surface area contributed by atoms with Gasteiger partial charge in [-0.3, -0.25) is 14.5 Å². The highest BCUT2D eigenvalue weighted by molar-refractivity contribution is 8.22. The number of H-pyrrole nitrogens is 1. The van der Waals surface area contributed by atoms with Gasteiger partial charge in [0.15, 0.2) is 10.8 Å². The molecule has 1 unspecified atom stereocenters. The molecule has 0 aliphatic carbocycles. The predicted molar refractivity (Wildman–Crippen MR) is 131 cm³/mol. The van der Waals surface area contributed by atoms with Crippen LogP contribution in [0.25, 0.3) is 5.57 Å². The summed E-state index contributed by atoms with van der Waals surface area (Å²) in [5, 5.41) is 14.7. The van der Waals surface area contributed by atoms with Crippen LogP contribution in [0.4, 0.5) is 5.13 Å². The molecule has 2 amide bonds. The van der Waals surface area contributed by atoms with Crippen molar-refractivity contribution in [2.24, 2.45) is 10.9 Å². The van der Waals surface area contributed by atoms with Crippen LogP contribution in [0.5, 0.6) is 0 Å². The van der Waals surface area contributed by atoms with E-state index < -0.39 is 17.1 Å². The summed E-state index contributed by atoms with van der Waals surface area (Å²) in [7, 11) is 0. The Hall–Kier alpha value is -2.57. The van der Waals surface area contributed by atoms with Gasteiger partial charge in [0.1, 0.15) is 27.7 Å². The monoisotopic (exact) mass is 550 g/mol. The molecule has 13 nitrogen and oxygen atoms in total. The minimum absolute atomic E-state index is 0. The van der Waals surface area contributed by atoms with E-state index in [2.05, 4.69) is 25.6 Å². The number of aromatic nitrogens is 4. The van der Waals surface area contributed by atoms with Crippen molar-refractivity contribution in [3.8, 4) is 0 Å². The van der Waals surface area contributed by atoms with Gasteiger partial charge in [-0.2, -0.15) is 15.4 Å². The number of oxime groups is 1. The zero-order chi connectivity index (χ0) is 22.1. The third-order valence-electron chi connectivity index (χ3n) is 4.26. The molecule has 0 bridgehead atoms. The van der Waals surface area contributed by atoms with E-state index in [1.807, 2.05) is 0 Å². The lowest BCUT2D eigenvalue weighted by molar-refractivity contribution is -0.148. The molecule has 7 N–H and O–H groups in total. The minimum Gasteiger partial charge on any atom is -0.412 e. The average molecular weight is 551 g/mol. The van der Waals surface area contributed by atoms with Crippen LogP contribution in [-0.2, 0) is 19.2 Å². The number of halogens is 1. The van der Waals surface area contributed by atoms with Crippen LogP contribution in [0, 0.1) is 0 Å². The summed E-state index contributed by atoms with van der Waals surface area (Å²) in [5.74, 6) is -1.85. The number of thiocarbonyl (C=S) groups is 1. The number of hydrogen-bond acceptors (Lipinski definition) is 13. The van der Waals surface area contributed by atoms with Crippen LogP contribution in [-0.4, -0.2) is 75.3 Å². The maximum absolute atomic E-state index is 13.0. The Morgan fingerprint density at radius 2 is 2.21 bits per heavy atom. The zero-order valence-corrected chi connectivity index (χ0v) is 20.2. The molecule has 0 spiro atoms. The first kappa shape index (κ1) is 26.7. The number of β-lactam (4-membered cyclic amide) rings is 1. The highest BCUT2D eigenvalue weighted by Gasteiger charge is 2.54. The minimum atomic E-state index is -0.960. The third-order valence-corrected chi connectivity index (χ3v) is 7.58. The number of nitrogens with zero attached hydrogens (tertiary/aromatic N) is 5. The van der Waals surface area contributed by atoms with E-state index in [4.69, 9.17) is 28.5 Å². The first-order valence-corrected chi connectivity index (χ1v) is 11.7. The topological polar surface area (TPSA) is 214 Å². The van der Waals surface area contributed by atoms with Gasteiger partial charge >= 0.3 is 5.97 Å². The normalized spacial score (nSPS) is 19.6. The second-order valence-electron chi connectivity index (χ2n) is 6.00. The van der Waals surface area contributed by atoms with Crippen LogP contribution in [0.2, 0.25) is 0 Å². The molecule has 0 saturated carbocycles. The molecule has 0 radical (unpaired) electrons. The van der Waals surface area contributed by atoms with E-state index in [-0.39, 0.29) is 51.4 Å². The molecule has 4 rings (SSSR count). The standard InChI is InChI=1S/C15H12N8O4S4.ClH.H2O/c16-11(24)8(7-3-30-15(17)19-7)21-27-14(26)9-5(6-1-18-22-20-6)2-29-13-10(31-4-28)12(25)23(9)13;;/h1,3-4,10,13H,2H2,(H2,16,24)(H2,17,19)(H,18,20,22);1H;1H2/b21-8-;;/t10?,13-;;/m0../s1. The molecule has 2 aromatic heterocycles. The Morgan fingerprint density at radius 1 is 1.45 bits per heavy atom. The maximum Gasteiger partial charge on any atom is 0.382 e. The molecule has 33 heavy (non-hydrogen) atoms. The van der Waals surface area contributed by atoms with E-state index in [9.17, 15) is 14.4 Å². The number of primary amides is 1. The average Bonchev–Trinajstić information content (AvgIpc) is 3.42. The van der Waals surface area contributed by atoms with Gasteiger partial charge in [0.25, 0.3) is 5.91 Å². The predicted octanol–water partition coefficient (Wildman–Crippen LogP) is -0.442. The lowest BCUT2D eigenvalue weighted by Gasteiger charge is -2.48. The van der Waals surface area contributed by atoms with Gasteiger partial charge in [-0.25, -0.2) is 9.78 Å². The molecule has 2 atom stereocenters. The van der Waals surface area contributed by atoms with E-state index in [0.29, 0.717) is 17.0 Å². The Bertz CT molecular complexity index is 1140. The Labute approximate surface area is 209 Å². The van der Waals surface area contributed by atoms with Gasteiger partial charge < -0.3 is 21.8 Å². The molecule has 0 aromatic carbocycles. The number of nitrogen functional groups attached to an aromatic ring is 1. The van der Waals surface area contributed by atoms with Crippen LogP contribution in [0.3, 0.4) is 0 Å². The summed E-state index contributed by atoms with van der Waals surface area (Å²) in [6, 6.07) is 0. The number of thiazole rings is 1. The molecule has 2 aliphatic rings. The molecule has 2 aliphatic heterocycles. The molecule has 1 saturated heterocycles. The fraction of sp³-hybridized carbons (Fsp3) is 0.200. The van der Waals surface area contributed by atoms with Gasteiger partial charge in [-0.1, -0.05) is 17.4 Å². The summed E-state index contributed by atoms with van der Waals surface area (Å²) in [6.45, 7) is 0. The van der Waals surface area contributed by atoms with Gasteiger partial charge in [0, 0.05) is 21.4 Å². The van der Waals surface area contributed by atoms with Gasteiger partial charge in [0.2, 0.25) is 5.91 Å². The van der Waals surface area contributed by atoms with Crippen molar-refractivity contribution in [1.82, 2.24) is 25.3 Å². The van der Waals surface area contributed by atoms with Crippen LogP contribution in [0.1, 0.15) is 11.4 Å². The number of amides is 2. The quantitative estimate of drug-likeness (QED) is 0.132. The van der Waals surface area contributed by atoms with Gasteiger partial charge in [0.05, 0.1) is 6.20 Å². The summed E-state index contributed by atoms with van der Waals surface area (Å²) in [6.07, 6.45) is 1.42. The van der Waals surface area contributed by atoms with Gasteiger partial charge in [-0.05, 0) is 0 Å². The smallest absolute Gasteiger partial charge is 0.382 e. The zero-order valence-electron chi connectivity index (χ0n) is 16.2. The Balaban J connectivity index is 0.00000193. The first-order chi connectivity index (χ1) is 14.9. The summed E-state index contributed by atoms with van der Waals surface area (Å²) in [4.78, 5) is 47.7. The second-order valence-corrected chi connectivity index (χ2v) is 9.54. The number of aromatic amines is 1. The largest absolute Gasteiger partial charge is 0.412 e. The SMILES string of the molecule is Cl.NC(=O)/C(=N\OC(=O)C1=C(c2cn[nH]n2)CS[C@H]2C(SC=S)C(=O)N12)c1csc(N)n1.O. The van der Waals surface area contributed by atoms with E-state index in [0.717, 1.165) is 11.3 Å². The van der Waals surface area contributed by atoms with Crippen molar-refractivity contribution in [2.45, 2.75) is 10.6 Å². The van der Waals surface area contributed by atoms with Crippen molar-refractivity contribution in [3.05, 3.63) is 28.7 Å². The highest BCUT2D eigenvalue weighted by Crippen LogP contribution is 2.46. The van der Waals surface area contributed by atoms with Crippen molar-refractivity contribution in [1.29, 1.82) is 0 Å². The fourth-order valence-electron chi connectivity index (χ4n) is 2.91. The number of fused-ring (bicyclic) bond motifs is 1. The molecule has 1 fully saturated rings. The molecular formula is C15H15ClN8O5S4. The number of carbonyl (C=O) groups is 3. The lowest BCUT2D eigenvalue weighted by atomic mass is 10.1. The third kappa shape index (κ3) is 5.02. The van der Waals surface area contributed by atoms with E-state index >= 15 is 0 Å². The molecular weight excluding hydrogens is 536 g/mol. The summed E-state index contributed by atoms with van der Waals surface area (Å²) in [5.41, 5.74) is 11.4. The number of nitrogens with two attached hydrogens (primary N) is 2. The molecule has 18 heteroatoms. The number of carbonyl (C=O) groups excluding carboxylic acids is 3. The Kier molecular flexibility index (Phi) is 8.92. The maximum atomic E-state index is 13.0. The van der Waals surface area contributed by atoms with E-state index in [1.54, 1.807) is 0 Å². The summed E-state index contributed by atoms with van der Waals surface area (Å²) >= 11 is 8.58. The van der Waals surface area contributed by atoms with Crippen molar-refractivity contribution >= 4 is 98.4 Å². The van der Waals surface area contributed by atoms with Crippen LogP contribution < -0.4 is 11.5 Å². The second kappa shape index (κ2) is 11.0. The van der Waals surface area contributed by atoms with Crippen molar-refractivity contribution in [3.63, 3.8) is 0 Å². The van der Waals surface area contributed by atoms with Crippen LogP contribution in [0.15, 0.2) is 22.4 Å². The highest BCUT2D eigenvalue weighted by atomic mass is 35.5. The van der Waals surface area contributed by atoms with Crippen molar-refractivity contribution < 1.29 is 24.7 Å². The first-order valence-electron chi connectivity index (χ1n) is 8.36. The number of anilines is 1. The Morgan fingerprint density at radius 3 is 2.79 bits per heavy atom. The summed E-state index contributed by atoms with van der Waals surface area (Å²) < 4.78 is 1.41. The van der Waals surface area contributed by atoms with Gasteiger partial charge in [-0.15, -0.1) is 47.3 Å². The number of hydrogen-bond donors (Lipinski definition) is 3. The fourth-order valence-corrected chi connectivity index (χ4v) is 6.13.